The van der Waals surface area contributed by atoms with Crippen molar-refractivity contribution in [3.63, 3.8) is 0 Å². The standard InChI is InChI=1S/C12H14N4O3/c17-10-3-1-2-9(14-10)11(18)15-4-5-16-8(7-15)6-13-12(16)19/h1-3,8H,4-7H2,(H,13,19)(H,14,17). The fourth-order valence-corrected chi connectivity index (χ4v) is 2.53. The number of rotatable bonds is 1. The maximum Gasteiger partial charge on any atom is 0.317 e. The fraction of sp³-hybridized carbons (Fsp3) is 0.417. The Kier molecular flexibility index (Phi) is 2.73. The van der Waals surface area contributed by atoms with Gasteiger partial charge in [-0.15, -0.1) is 0 Å². The summed E-state index contributed by atoms with van der Waals surface area (Å²) in [6.07, 6.45) is 0. The van der Waals surface area contributed by atoms with Gasteiger partial charge >= 0.3 is 6.03 Å². The minimum atomic E-state index is -0.290. The van der Waals surface area contributed by atoms with Crippen LogP contribution in [0.3, 0.4) is 0 Å². The highest BCUT2D eigenvalue weighted by Gasteiger charge is 2.37. The van der Waals surface area contributed by atoms with Gasteiger partial charge in [-0.25, -0.2) is 4.79 Å². The lowest BCUT2D eigenvalue weighted by atomic mass is 10.2. The molecule has 1 unspecified atom stereocenters. The summed E-state index contributed by atoms with van der Waals surface area (Å²) >= 11 is 0. The Morgan fingerprint density at radius 1 is 1.26 bits per heavy atom. The zero-order valence-electron chi connectivity index (χ0n) is 10.3. The van der Waals surface area contributed by atoms with Gasteiger partial charge in [0, 0.05) is 32.2 Å². The number of nitrogens with one attached hydrogen (secondary N) is 2. The van der Waals surface area contributed by atoms with Crippen LogP contribution in [0.5, 0.6) is 0 Å². The maximum atomic E-state index is 12.3. The number of aromatic nitrogens is 1. The average Bonchev–Trinajstić information content (AvgIpc) is 2.79. The molecular formula is C12H14N4O3. The van der Waals surface area contributed by atoms with Crippen LogP contribution >= 0.6 is 0 Å². The number of aromatic amines is 1. The second-order valence-corrected chi connectivity index (χ2v) is 4.71. The van der Waals surface area contributed by atoms with E-state index in [9.17, 15) is 14.4 Å². The molecule has 7 heteroatoms. The molecule has 2 aliphatic rings. The molecule has 2 fully saturated rings. The van der Waals surface area contributed by atoms with Crippen molar-refractivity contribution in [2.24, 2.45) is 0 Å². The molecule has 100 valence electrons. The largest absolute Gasteiger partial charge is 0.336 e. The third-order valence-corrected chi connectivity index (χ3v) is 3.52. The topological polar surface area (TPSA) is 85.5 Å². The summed E-state index contributed by atoms with van der Waals surface area (Å²) in [5.41, 5.74) is 0.000398. The quantitative estimate of drug-likeness (QED) is 0.696. The number of piperazine rings is 1. The number of hydrogen-bond acceptors (Lipinski definition) is 3. The van der Waals surface area contributed by atoms with Gasteiger partial charge in [0.05, 0.1) is 6.04 Å². The Morgan fingerprint density at radius 3 is 2.89 bits per heavy atom. The molecule has 2 N–H and O–H groups in total. The molecule has 7 nitrogen and oxygen atoms in total. The number of hydrogen-bond donors (Lipinski definition) is 2. The number of H-pyrrole nitrogens is 1. The molecule has 0 spiro atoms. The molecule has 3 rings (SSSR count). The number of urea groups is 1. The van der Waals surface area contributed by atoms with E-state index in [1.807, 2.05) is 0 Å². The monoisotopic (exact) mass is 262 g/mol. The first-order valence-corrected chi connectivity index (χ1v) is 6.18. The van der Waals surface area contributed by atoms with E-state index in [1.165, 1.54) is 6.07 Å². The van der Waals surface area contributed by atoms with Crippen LogP contribution in [0.2, 0.25) is 0 Å². The Labute approximate surface area is 109 Å². The third kappa shape index (κ3) is 2.07. The molecule has 0 aromatic carbocycles. The number of carbonyl (C=O) groups excluding carboxylic acids is 2. The van der Waals surface area contributed by atoms with Crippen molar-refractivity contribution in [2.75, 3.05) is 26.2 Å². The van der Waals surface area contributed by atoms with Crippen LogP contribution in [0, 0.1) is 0 Å². The second kappa shape index (κ2) is 4.42. The van der Waals surface area contributed by atoms with Crippen LogP contribution in [0.1, 0.15) is 10.5 Å². The lowest BCUT2D eigenvalue weighted by Gasteiger charge is -2.36. The molecule has 0 aliphatic carbocycles. The minimum absolute atomic E-state index is 0.0284. The van der Waals surface area contributed by atoms with Crippen molar-refractivity contribution in [1.82, 2.24) is 20.1 Å². The fourth-order valence-electron chi connectivity index (χ4n) is 2.53. The Morgan fingerprint density at radius 2 is 2.11 bits per heavy atom. The lowest BCUT2D eigenvalue weighted by molar-refractivity contribution is 0.0611. The molecule has 1 aromatic heterocycles. The number of amides is 3. The normalized spacial score (nSPS) is 22.1. The average molecular weight is 262 g/mol. The van der Waals surface area contributed by atoms with Crippen LogP contribution in [0.15, 0.2) is 23.0 Å². The maximum absolute atomic E-state index is 12.3. The van der Waals surface area contributed by atoms with E-state index in [0.717, 1.165) is 0 Å². The molecule has 1 aromatic rings. The minimum Gasteiger partial charge on any atom is -0.336 e. The van der Waals surface area contributed by atoms with E-state index in [1.54, 1.807) is 21.9 Å². The predicted octanol–water partition coefficient (Wildman–Crippen LogP) is -0.775. The predicted molar refractivity (Wildman–Crippen MR) is 66.9 cm³/mol. The van der Waals surface area contributed by atoms with Crippen molar-refractivity contribution in [2.45, 2.75) is 6.04 Å². The molecule has 0 saturated carbocycles. The van der Waals surface area contributed by atoms with Gasteiger partial charge in [-0.05, 0) is 6.07 Å². The molecule has 19 heavy (non-hydrogen) atoms. The summed E-state index contributed by atoms with van der Waals surface area (Å²) in [6, 6.07) is 4.48. The summed E-state index contributed by atoms with van der Waals surface area (Å²) < 4.78 is 0. The van der Waals surface area contributed by atoms with Gasteiger partial charge in [-0.3, -0.25) is 9.59 Å². The summed E-state index contributed by atoms with van der Waals surface area (Å²) in [4.78, 5) is 40.9. The first-order valence-electron chi connectivity index (χ1n) is 6.18. The van der Waals surface area contributed by atoms with Gasteiger partial charge < -0.3 is 20.1 Å². The highest BCUT2D eigenvalue weighted by Crippen LogP contribution is 2.15. The van der Waals surface area contributed by atoms with Gasteiger partial charge in [0.1, 0.15) is 5.69 Å². The highest BCUT2D eigenvalue weighted by atomic mass is 16.2. The van der Waals surface area contributed by atoms with Crippen LogP contribution < -0.4 is 10.9 Å². The Balaban J connectivity index is 1.75. The van der Waals surface area contributed by atoms with Gasteiger partial charge in [0.2, 0.25) is 5.56 Å². The molecule has 1 atom stereocenters. The second-order valence-electron chi connectivity index (χ2n) is 4.71. The molecule has 2 saturated heterocycles. The molecule has 2 aliphatic heterocycles. The van der Waals surface area contributed by atoms with Crippen LogP contribution in [0.4, 0.5) is 4.79 Å². The summed E-state index contributed by atoms with van der Waals surface area (Å²) in [7, 11) is 0. The Bertz CT molecular complexity index is 582. The van der Waals surface area contributed by atoms with Crippen LogP contribution in [0.25, 0.3) is 0 Å². The van der Waals surface area contributed by atoms with Gasteiger partial charge in [-0.1, -0.05) is 6.07 Å². The number of nitrogens with zero attached hydrogens (tertiary/aromatic N) is 2. The van der Waals surface area contributed by atoms with E-state index in [-0.39, 0.29) is 23.5 Å². The van der Waals surface area contributed by atoms with Gasteiger partial charge in [0.15, 0.2) is 0 Å². The molecule has 0 radical (unpaired) electrons. The zero-order valence-corrected chi connectivity index (χ0v) is 10.3. The number of pyridine rings is 1. The summed E-state index contributed by atoms with van der Waals surface area (Å²) in [5, 5.41) is 2.76. The van der Waals surface area contributed by atoms with Gasteiger partial charge in [-0.2, -0.15) is 0 Å². The van der Waals surface area contributed by atoms with Crippen LogP contribution in [-0.2, 0) is 0 Å². The van der Waals surface area contributed by atoms with Crippen molar-refractivity contribution in [3.05, 3.63) is 34.2 Å². The first-order chi connectivity index (χ1) is 9.15. The number of fused-ring (bicyclic) bond motifs is 1. The van der Waals surface area contributed by atoms with Crippen molar-refractivity contribution >= 4 is 11.9 Å². The van der Waals surface area contributed by atoms with Crippen molar-refractivity contribution < 1.29 is 9.59 Å². The molecule has 3 amide bonds. The third-order valence-electron chi connectivity index (χ3n) is 3.52. The van der Waals surface area contributed by atoms with Crippen molar-refractivity contribution in [1.29, 1.82) is 0 Å². The lowest BCUT2D eigenvalue weighted by Crippen LogP contribution is -2.54. The molecule has 3 heterocycles. The van der Waals surface area contributed by atoms with E-state index < -0.39 is 0 Å². The first kappa shape index (κ1) is 11.8. The highest BCUT2D eigenvalue weighted by molar-refractivity contribution is 5.92. The Hall–Kier alpha value is -2.31. The van der Waals surface area contributed by atoms with Crippen LogP contribution in [-0.4, -0.2) is 58.9 Å². The summed E-state index contributed by atoms with van der Waals surface area (Å²) in [5.74, 6) is -0.198. The van der Waals surface area contributed by atoms with Gasteiger partial charge in [0.25, 0.3) is 5.91 Å². The number of carbonyl (C=O) groups is 2. The smallest absolute Gasteiger partial charge is 0.317 e. The summed E-state index contributed by atoms with van der Waals surface area (Å²) in [6.45, 7) is 2.07. The molecule has 0 bridgehead atoms. The van der Waals surface area contributed by atoms with E-state index in [2.05, 4.69) is 10.3 Å². The van der Waals surface area contributed by atoms with Crippen molar-refractivity contribution in [3.8, 4) is 0 Å². The van der Waals surface area contributed by atoms with E-state index in [4.69, 9.17) is 0 Å². The van der Waals surface area contributed by atoms with E-state index in [0.29, 0.717) is 31.9 Å². The zero-order chi connectivity index (χ0) is 13.4. The van der Waals surface area contributed by atoms with E-state index >= 15 is 0 Å². The SMILES string of the molecule is O=C(c1cccc(=O)[nH]1)N1CCN2C(=O)NCC2C1. The molecular weight excluding hydrogens is 248 g/mol.